The first kappa shape index (κ1) is 28.0. The Hall–Kier alpha value is -2.99. The van der Waals surface area contributed by atoms with Crippen molar-refractivity contribution in [2.75, 3.05) is 13.2 Å². The van der Waals surface area contributed by atoms with Gasteiger partial charge in [0.1, 0.15) is 0 Å². The molecule has 8 heteroatoms. The molecule has 7 nitrogen and oxygen atoms in total. The second kappa shape index (κ2) is 16.8. The highest BCUT2D eigenvalue weighted by atomic mass is 35.5. The summed E-state index contributed by atoms with van der Waals surface area (Å²) in [5, 5.41) is 0. The highest BCUT2D eigenvalue weighted by Gasteiger charge is 2.19. The third kappa shape index (κ3) is 11.7. The Labute approximate surface area is 189 Å². The zero-order chi connectivity index (χ0) is 22.2. The number of carbonyl (C=O) groups is 2. The van der Waals surface area contributed by atoms with E-state index < -0.39 is 12.0 Å². The summed E-state index contributed by atoms with van der Waals surface area (Å²) < 4.78 is 9.69. The van der Waals surface area contributed by atoms with Crippen LogP contribution in [0.15, 0.2) is 65.7 Å². The Morgan fingerprint density at radius 2 is 1.32 bits per heavy atom. The smallest absolute Gasteiger partial charge is 0.365 e. The van der Waals surface area contributed by atoms with E-state index in [2.05, 4.69) is 10.7 Å². The number of hydrogen-bond acceptors (Lipinski definition) is 6. The van der Waals surface area contributed by atoms with Gasteiger partial charge in [0.2, 0.25) is 6.08 Å². The average Bonchev–Trinajstić information content (AvgIpc) is 2.76. The zero-order valence-corrected chi connectivity index (χ0v) is 18.6. The molecule has 3 N–H and O–H groups in total. The van der Waals surface area contributed by atoms with E-state index in [1.807, 2.05) is 60.7 Å². The molecule has 0 aliphatic rings. The van der Waals surface area contributed by atoms with Crippen LogP contribution in [0.4, 0.5) is 0 Å². The van der Waals surface area contributed by atoms with E-state index in [0.29, 0.717) is 19.4 Å². The first-order valence-electron chi connectivity index (χ1n) is 9.82. The lowest BCUT2D eigenvalue weighted by Gasteiger charge is -2.09. The first-order chi connectivity index (χ1) is 14.5. The fraction of sp³-hybridized carbons (Fsp3) is 0.348. The van der Waals surface area contributed by atoms with Gasteiger partial charge in [-0.2, -0.15) is 4.99 Å². The maximum absolute atomic E-state index is 11.4. The van der Waals surface area contributed by atoms with Gasteiger partial charge in [-0.25, -0.2) is 14.4 Å². The van der Waals surface area contributed by atoms with E-state index in [1.54, 1.807) is 13.8 Å². The van der Waals surface area contributed by atoms with Crippen molar-refractivity contribution in [2.45, 2.75) is 38.8 Å². The Balaban J connectivity index is 0.000000567. The zero-order valence-electron chi connectivity index (χ0n) is 17.8. The van der Waals surface area contributed by atoms with Crippen LogP contribution in [0.25, 0.3) is 0 Å². The molecule has 0 fully saturated rings. The van der Waals surface area contributed by atoms with Crippen LogP contribution in [0.5, 0.6) is 0 Å². The third-order valence-electron chi connectivity index (χ3n) is 3.98. The molecule has 31 heavy (non-hydrogen) atoms. The molecule has 0 radical (unpaired) electrons. The van der Waals surface area contributed by atoms with Crippen LogP contribution in [0.2, 0.25) is 0 Å². The number of quaternary nitrogens is 1. The molecule has 0 spiro atoms. The topological polar surface area (TPSA) is 110 Å². The van der Waals surface area contributed by atoms with Crippen LogP contribution in [0.3, 0.4) is 0 Å². The van der Waals surface area contributed by atoms with Gasteiger partial charge in [0.25, 0.3) is 0 Å². The van der Waals surface area contributed by atoms with Crippen LogP contribution in [0.1, 0.15) is 25.0 Å². The highest BCUT2D eigenvalue weighted by molar-refractivity contribution is 5.77. The molecule has 2 rings (SSSR count). The summed E-state index contributed by atoms with van der Waals surface area (Å²) in [5.41, 5.74) is 5.82. The van der Waals surface area contributed by atoms with Crippen molar-refractivity contribution in [3.63, 3.8) is 0 Å². The minimum atomic E-state index is -0.792. The standard InChI is InChI=1S/C12H13NO3.C11H15NO2.ClH/c1-2-16-12(15)11(13-9-14)8-10-6-4-3-5-7-10;1-2-14-11(13)10(12)8-9-6-4-3-5-7-9;/h3-7,11H,2,8H2,1H3;3-7,10H,2,8,12H2,1H3;1H/t11-;10-;/m00./s1. The summed E-state index contributed by atoms with van der Waals surface area (Å²) in [6.45, 7) is 4.20. The Bertz CT molecular complexity index is 811. The fourth-order valence-electron chi connectivity index (χ4n) is 2.56. The van der Waals surface area contributed by atoms with Crippen molar-refractivity contribution in [1.29, 1.82) is 0 Å². The molecule has 0 aliphatic heterocycles. The van der Waals surface area contributed by atoms with Crippen molar-refractivity contribution >= 4 is 18.0 Å². The molecule has 0 bridgehead atoms. The largest absolute Gasteiger partial charge is 1.00 e. The summed E-state index contributed by atoms with van der Waals surface area (Å²) in [6.07, 6.45) is 2.40. The predicted molar refractivity (Wildman–Crippen MR) is 112 cm³/mol. The summed E-state index contributed by atoms with van der Waals surface area (Å²) >= 11 is 0. The lowest BCUT2D eigenvalue weighted by molar-refractivity contribution is -0.407. The van der Waals surface area contributed by atoms with Crippen molar-refractivity contribution < 1.29 is 42.0 Å². The van der Waals surface area contributed by atoms with Gasteiger partial charge in [0, 0.05) is 12.8 Å². The van der Waals surface area contributed by atoms with Crippen LogP contribution >= 0.6 is 0 Å². The van der Waals surface area contributed by atoms with Crippen molar-refractivity contribution in [3.8, 4) is 0 Å². The van der Waals surface area contributed by atoms with Gasteiger partial charge in [0.05, 0.1) is 13.2 Å². The Kier molecular flexibility index (Phi) is 15.2. The number of esters is 2. The van der Waals surface area contributed by atoms with E-state index in [-0.39, 0.29) is 31.0 Å². The summed E-state index contributed by atoms with van der Waals surface area (Å²) in [6, 6.07) is 18.1. The van der Waals surface area contributed by atoms with Crippen molar-refractivity contribution in [1.82, 2.24) is 0 Å². The maximum atomic E-state index is 11.4. The number of halogens is 1. The van der Waals surface area contributed by atoms with Crippen molar-refractivity contribution in [2.24, 2.45) is 4.99 Å². The van der Waals surface area contributed by atoms with Gasteiger partial charge < -0.3 is 27.6 Å². The molecule has 0 heterocycles. The average molecular weight is 449 g/mol. The van der Waals surface area contributed by atoms with Gasteiger partial charge in [-0.05, 0) is 25.0 Å². The molecule has 0 saturated heterocycles. The highest BCUT2D eigenvalue weighted by Crippen LogP contribution is 2.07. The van der Waals surface area contributed by atoms with E-state index in [9.17, 15) is 14.4 Å². The number of aliphatic imine (C=N–C) groups is 1. The fourth-order valence-corrected chi connectivity index (χ4v) is 2.56. The van der Waals surface area contributed by atoms with Crippen LogP contribution in [-0.2, 0) is 36.7 Å². The van der Waals surface area contributed by atoms with E-state index in [1.165, 1.54) is 6.08 Å². The second-order valence-electron chi connectivity index (χ2n) is 6.32. The molecular weight excluding hydrogens is 420 g/mol. The second-order valence-corrected chi connectivity index (χ2v) is 6.32. The van der Waals surface area contributed by atoms with Gasteiger partial charge in [-0.1, -0.05) is 60.7 Å². The summed E-state index contributed by atoms with van der Waals surface area (Å²) in [7, 11) is 0. The van der Waals surface area contributed by atoms with Crippen LogP contribution in [-0.4, -0.2) is 43.3 Å². The molecule has 2 aromatic rings. The molecule has 0 aromatic heterocycles. The lowest BCUT2D eigenvalue weighted by atomic mass is 10.1. The monoisotopic (exact) mass is 448 g/mol. The van der Waals surface area contributed by atoms with E-state index in [0.717, 1.165) is 11.1 Å². The van der Waals surface area contributed by atoms with Crippen molar-refractivity contribution in [3.05, 3.63) is 71.8 Å². The van der Waals surface area contributed by atoms with Gasteiger partial charge in [-0.15, -0.1) is 0 Å². The molecule has 2 aromatic carbocycles. The van der Waals surface area contributed by atoms with Crippen LogP contribution < -0.4 is 18.1 Å². The number of benzene rings is 2. The first-order valence-corrected chi connectivity index (χ1v) is 9.82. The maximum Gasteiger partial charge on any atom is 0.365 e. The summed E-state index contributed by atoms with van der Waals surface area (Å²) in [5.74, 6) is -0.717. The summed E-state index contributed by atoms with van der Waals surface area (Å²) in [4.78, 5) is 36.4. The molecular formula is C23H29ClN2O5. The Morgan fingerprint density at radius 3 is 1.77 bits per heavy atom. The third-order valence-corrected chi connectivity index (χ3v) is 3.98. The number of rotatable bonds is 9. The number of carbonyl (C=O) groups excluding carboxylic acids is 3. The van der Waals surface area contributed by atoms with E-state index in [4.69, 9.17) is 9.47 Å². The minimum absolute atomic E-state index is 0. The number of nitrogens with zero attached hydrogens (tertiary/aromatic N) is 1. The SMILES string of the molecule is CCOC(=O)[C@@H]([NH3+])Cc1ccccc1.CCOC(=O)[C@H](Cc1ccccc1)N=C=O.[Cl-]. The molecule has 2 atom stereocenters. The lowest BCUT2D eigenvalue weighted by Crippen LogP contribution is -3.00. The van der Waals surface area contributed by atoms with Gasteiger partial charge in [0.15, 0.2) is 12.1 Å². The van der Waals surface area contributed by atoms with E-state index >= 15 is 0 Å². The molecule has 0 amide bonds. The van der Waals surface area contributed by atoms with Gasteiger partial charge in [-0.3, -0.25) is 0 Å². The Morgan fingerprint density at radius 1 is 0.871 bits per heavy atom. The number of ether oxygens (including phenoxy) is 2. The quantitative estimate of drug-likeness (QED) is 0.297. The molecule has 0 unspecified atom stereocenters. The molecule has 0 aliphatic carbocycles. The normalized spacial score (nSPS) is 11.3. The number of hydrogen-bond donors (Lipinski definition) is 1. The van der Waals surface area contributed by atoms with Gasteiger partial charge >= 0.3 is 11.9 Å². The predicted octanol–water partition coefficient (Wildman–Crippen LogP) is -1.10. The molecule has 168 valence electrons. The molecule has 0 saturated carbocycles. The van der Waals surface area contributed by atoms with Crippen LogP contribution in [0, 0.1) is 0 Å². The number of isocyanates is 1. The minimum Gasteiger partial charge on any atom is -1.00 e.